The van der Waals surface area contributed by atoms with Crippen LogP contribution >= 0.6 is 0 Å². The molecule has 2 amide bonds. The Bertz CT molecular complexity index is 542. The van der Waals surface area contributed by atoms with Crippen LogP contribution in [-0.2, 0) is 9.53 Å². The summed E-state index contributed by atoms with van der Waals surface area (Å²) in [5, 5.41) is 3.05. The van der Waals surface area contributed by atoms with Gasteiger partial charge in [-0.15, -0.1) is 0 Å². The van der Waals surface area contributed by atoms with Crippen molar-refractivity contribution in [1.29, 1.82) is 0 Å². The highest BCUT2D eigenvalue weighted by atomic mass is 16.6. The van der Waals surface area contributed by atoms with E-state index in [0.717, 1.165) is 6.42 Å². The maximum absolute atomic E-state index is 12.2. The number of piperazine rings is 1. The number of carbonyl (C=O) groups is 2. The standard InChI is InChI=1S/C19H29N3O3/c1-3-16(17-8-6-5-7-9-17)14-20-18(23)15-21-10-12-22(13-11-21)19(24)25-4-2/h5-9,16H,3-4,10-15H2,1-2H3,(H,20,23). The molecule has 1 fully saturated rings. The van der Waals surface area contributed by atoms with Gasteiger partial charge in [0.25, 0.3) is 0 Å². The fourth-order valence-electron chi connectivity index (χ4n) is 3.02. The fourth-order valence-corrected chi connectivity index (χ4v) is 3.02. The van der Waals surface area contributed by atoms with Gasteiger partial charge in [0.05, 0.1) is 13.2 Å². The summed E-state index contributed by atoms with van der Waals surface area (Å²) in [4.78, 5) is 27.7. The van der Waals surface area contributed by atoms with Crippen molar-refractivity contribution in [2.24, 2.45) is 0 Å². The third-order valence-electron chi connectivity index (χ3n) is 4.57. The summed E-state index contributed by atoms with van der Waals surface area (Å²) in [6, 6.07) is 10.3. The number of amides is 2. The molecular formula is C19H29N3O3. The molecule has 1 aliphatic rings. The first-order valence-corrected chi connectivity index (χ1v) is 9.09. The summed E-state index contributed by atoms with van der Waals surface area (Å²) in [5.74, 6) is 0.379. The Kier molecular flexibility index (Phi) is 7.73. The Hall–Kier alpha value is -2.08. The van der Waals surface area contributed by atoms with E-state index in [1.807, 2.05) is 18.2 Å². The molecule has 1 saturated heterocycles. The van der Waals surface area contributed by atoms with Gasteiger partial charge in [0, 0.05) is 38.6 Å². The first-order chi connectivity index (χ1) is 12.1. The molecular weight excluding hydrogens is 318 g/mol. The molecule has 0 bridgehead atoms. The minimum absolute atomic E-state index is 0.0407. The number of ether oxygens (including phenoxy) is 1. The molecule has 25 heavy (non-hydrogen) atoms. The van der Waals surface area contributed by atoms with Crippen LogP contribution in [0.4, 0.5) is 4.79 Å². The Balaban J connectivity index is 1.71. The zero-order valence-electron chi connectivity index (χ0n) is 15.2. The Labute approximate surface area is 150 Å². The van der Waals surface area contributed by atoms with Gasteiger partial charge in [0.2, 0.25) is 5.91 Å². The predicted molar refractivity (Wildman–Crippen MR) is 97.5 cm³/mol. The number of hydrogen-bond acceptors (Lipinski definition) is 4. The number of carbonyl (C=O) groups excluding carboxylic acids is 2. The van der Waals surface area contributed by atoms with Crippen LogP contribution in [0, 0.1) is 0 Å². The third kappa shape index (κ3) is 6.05. The van der Waals surface area contributed by atoms with Crippen LogP contribution in [0.3, 0.4) is 0 Å². The average Bonchev–Trinajstić information content (AvgIpc) is 2.64. The molecule has 1 aliphatic heterocycles. The molecule has 0 saturated carbocycles. The molecule has 1 heterocycles. The monoisotopic (exact) mass is 347 g/mol. The van der Waals surface area contributed by atoms with E-state index in [1.54, 1.807) is 11.8 Å². The number of benzene rings is 1. The molecule has 0 aliphatic carbocycles. The van der Waals surface area contributed by atoms with Gasteiger partial charge in [-0.05, 0) is 18.9 Å². The van der Waals surface area contributed by atoms with E-state index in [9.17, 15) is 9.59 Å². The maximum atomic E-state index is 12.2. The van der Waals surface area contributed by atoms with Crippen LogP contribution in [0.1, 0.15) is 31.7 Å². The van der Waals surface area contributed by atoms with Crippen molar-refractivity contribution in [2.45, 2.75) is 26.2 Å². The number of nitrogens with one attached hydrogen (secondary N) is 1. The van der Waals surface area contributed by atoms with Gasteiger partial charge < -0.3 is 15.0 Å². The lowest BCUT2D eigenvalue weighted by Gasteiger charge is -2.33. The van der Waals surface area contributed by atoms with Gasteiger partial charge in [-0.25, -0.2) is 4.79 Å². The Morgan fingerprint density at radius 1 is 1.12 bits per heavy atom. The zero-order chi connectivity index (χ0) is 18.1. The summed E-state index contributed by atoms with van der Waals surface area (Å²) >= 11 is 0. The summed E-state index contributed by atoms with van der Waals surface area (Å²) in [5.41, 5.74) is 1.26. The Morgan fingerprint density at radius 3 is 2.40 bits per heavy atom. The van der Waals surface area contributed by atoms with E-state index >= 15 is 0 Å². The van der Waals surface area contributed by atoms with E-state index in [4.69, 9.17) is 4.74 Å². The molecule has 1 aromatic carbocycles. The highest BCUT2D eigenvalue weighted by Gasteiger charge is 2.23. The predicted octanol–water partition coefficient (Wildman–Crippen LogP) is 2.07. The van der Waals surface area contributed by atoms with Crippen molar-refractivity contribution in [3.8, 4) is 0 Å². The van der Waals surface area contributed by atoms with Crippen molar-refractivity contribution in [3.05, 3.63) is 35.9 Å². The van der Waals surface area contributed by atoms with E-state index in [2.05, 4.69) is 29.3 Å². The molecule has 1 unspecified atom stereocenters. The smallest absolute Gasteiger partial charge is 0.409 e. The van der Waals surface area contributed by atoms with E-state index < -0.39 is 0 Å². The molecule has 1 aromatic rings. The molecule has 0 spiro atoms. The topological polar surface area (TPSA) is 61.9 Å². The lowest BCUT2D eigenvalue weighted by molar-refractivity contribution is -0.122. The van der Waals surface area contributed by atoms with Crippen LogP contribution in [0.2, 0.25) is 0 Å². The molecule has 6 nitrogen and oxygen atoms in total. The van der Waals surface area contributed by atoms with E-state index in [0.29, 0.717) is 51.8 Å². The van der Waals surface area contributed by atoms with Crippen LogP contribution in [0.15, 0.2) is 30.3 Å². The summed E-state index contributed by atoms with van der Waals surface area (Å²) < 4.78 is 5.01. The molecule has 138 valence electrons. The Morgan fingerprint density at radius 2 is 1.80 bits per heavy atom. The van der Waals surface area contributed by atoms with E-state index in [1.165, 1.54) is 5.56 Å². The molecule has 0 aromatic heterocycles. The largest absolute Gasteiger partial charge is 0.450 e. The van der Waals surface area contributed by atoms with Crippen LogP contribution < -0.4 is 5.32 Å². The molecule has 6 heteroatoms. The van der Waals surface area contributed by atoms with Gasteiger partial charge in [-0.3, -0.25) is 9.69 Å². The van der Waals surface area contributed by atoms with Crippen molar-refractivity contribution in [2.75, 3.05) is 45.9 Å². The summed E-state index contributed by atoms with van der Waals surface area (Å²) in [7, 11) is 0. The second kappa shape index (κ2) is 10.0. The van der Waals surface area contributed by atoms with Crippen LogP contribution in [0.5, 0.6) is 0 Å². The van der Waals surface area contributed by atoms with Gasteiger partial charge in [-0.1, -0.05) is 37.3 Å². The minimum Gasteiger partial charge on any atom is -0.450 e. The second-order valence-corrected chi connectivity index (χ2v) is 6.28. The molecule has 2 rings (SSSR count). The number of rotatable bonds is 7. The van der Waals surface area contributed by atoms with Crippen LogP contribution in [0.25, 0.3) is 0 Å². The SMILES string of the molecule is CCOC(=O)N1CCN(CC(=O)NCC(CC)c2ccccc2)CC1. The molecule has 1 N–H and O–H groups in total. The fraction of sp³-hybridized carbons (Fsp3) is 0.579. The first kappa shape index (κ1) is 19.2. The second-order valence-electron chi connectivity index (χ2n) is 6.28. The first-order valence-electron chi connectivity index (χ1n) is 9.09. The van der Waals surface area contributed by atoms with Gasteiger partial charge in [0.15, 0.2) is 0 Å². The van der Waals surface area contributed by atoms with Crippen molar-refractivity contribution in [3.63, 3.8) is 0 Å². The van der Waals surface area contributed by atoms with Crippen molar-refractivity contribution >= 4 is 12.0 Å². The van der Waals surface area contributed by atoms with Gasteiger partial charge in [0.1, 0.15) is 0 Å². The summed E-state index contributed by atoms with van der Waals surface area (Å²) in [6.07, 6.45) is 0.725. The molecule has 1 atom stereocenters. The third-order valence-corrected chi connectivity index (χ3v) is 4.57. The number of hydrogen-bond donors (Lipinski definition) is 1. The quantitative estimate of drug-likeness (QED) is 0.820. The van der Waals surface area contributed by atoms with Crippen LogP contribution in [-0.4, -0.2) is 67.7 Å². The summed E-state index contributed by atoms with van der Waals surface area (Å²) in [6.45, 7) is 7.97. The van der Waals surface area contributed by atoms with Gasteiger partial charge >= 0.3 is 6.09 Å². The van der Waals surface area contributed by atoms with Crippen molar-refractivity contribution < 1.29 is 14.3 Å². The lowest BCUT2D eigenvalue weighted by atomic mass is 9.96. The molecule has 0 radical (unpaired) electrons. The number of nitrogens with zero attached hydrogens (tertiary/aromatic N) is 2. The van der Waals surface area contributed by atoms with E-state index in [-0.39, 0.29) is 12.0 Å². The highest BCUT2D eigenvalue weighted by Crippen LogP contribution is 2.17. The minimum atomic E-state index is -0.264. The van der Waals surface area contributed by atoms with Crippen molar-refractivity contribution in [1.82, 2.24) is 15.1 Å². The lowest BCUT2D eigenvalue weighted by Crippen LogP contribution is -2.51. The highest BCUT2D eigenvalue weighted by molar-refractivity contribution is 5.78. The zero-order valence-corrected chi connectivity index (χ0v) is 15.2. The normalized spacial score (nSPS) is 16.3. The van der Waals surface area contributed by atoms with Gasteiger partial charge in [-0.2, -0.15) is 0 Å². The average molecular weight is 347 g/mol. The maximum Gasteiger partial charge on any atom is 0.409 e.